The number of hydrogen-bond acceptors (Lipinski definition) is 4. The molecule has 0 saturated carbocycles. The van der Waals surface area contributed by atoms with Crippen molar-refractivity contribution in [1.29, 1.82) is 0 Å². The first-order valence-electron chi connectivity index (χ1n) is 7.25. The van der Waals surface area contributed by atoms with Gasteiger partial charge < -0.3 is 9.88 Å². The molecule has 0 fully saturated rings. The van der Waals surface area contributed by atoms with Crippen molar-refractivity contribution in [3.05, 3.63) is 72.3 Å². The van der Waals surface area contributed by atoms with E-state index in [2.05, 4.69) is 15.5 Å². The quantitative estimate of drug-likeness (QED) is 0.722. The number of rotatable bonds is 5. The number of aryl methyl sites for hydroxylation is 1. The highest BCUT2D eigenvalue weighted by Crippen LogP contribution is 2.34. The van der Waals surface area contributed by atoms with Crippen LogP contribution in [-0.4, -0.2) is 20.7 Å². The monoisotopic (exact) mass is 342 g/mol. The highest BCUT2D eigenvalue weighted by molar-refractivity contribution is 8.00. The number of benzene rings is 2. The number of carbonyl (C=O) groups excluding carboxylic acids is 1. The molecule has 2 aromatic carbocycles. The fourth-order valence-corrected chi connectivity index (χ4v) is 3.10. The van der Waals surface area contributed by atoms with Gasteiger partial charge in [-0.15, -0.1) is 10.2 Å². The summed E-state index contributed by atoms with van der Waals surface area (Å²) in [4.78, 5) is 12.8. The average molecular weight is 342 g/mol. The van der Waals surface area contributed by atoms with Gasteiger partial charge in [0, 0.05) is 12.7 Å². The number of nitrogens with zero attached hydrogens (tertiary/aromatic N) is 3. The number of halogens is 1. The Morgan fingerprint density at radius 3 is 2.50 bits per heavy atom. The Balaban J connectivity index is 1.85. The number of hydrogen-bond donors (Lipinski definition) is 1. The van der Waals surface area contributed by atoms with Crippen LogP contribution in [-0.2, 0) is 11.8 Å². The average Bonchev–Trinajstić information content (AvgIpc) is 3.00. The summed E-state index contributed by atoms with van der Waals surface area (Å²) in [6.45, 7) is 0. The summed E-state index contributed by atoms with van der Waals surface area (Å²) >= 11 is 1.31. The highest BCUT2D eigenvalue weighted by Gasteiger charge is 2.24. The third-order valence-corrected chi connectivity index (χ3v) is 4.65. The van der Waals surface area contributed by atoms with E-state index in [0.717, 1.165) is 5.56 Å². The number of anilines is 1. The summed E-state index contributed by atoms with van der Waals surface area (Å²) < 4.78 is 14.8. The Bertz CT molecular complexity index is 820. The predicted octanol–water partition coefficient (Wildman–Crippen LogP) is 3.43. The van der Waals surface area contributed by atoms with Crippen molar-refractivity contribution in [3.63, 3.8) is 0 Å². The standard InChI is InChI=1S/C17H15FN4OS/c1-22-11-19-21-17(22)24-15(12-5-3-2-4-6-12)16(23)20-14-9-7-13(18)8-10-14/h2-11,15H,1H3,(H,20,23)/t15-/m1/s1. The summed E-state index contributed by atoms with van der Waals surface area (Å²) in [6, 6.07) is 15.1. The van der Waals surface area contributed by atoms with Crippen LogP contribution in [0.5, 0.6) is 0 Å². The van der Waals surface area contributed by atoms with Gasteiger partial charge in [-0.1, -0.05) is 42.1 Å². The first-order valence-corrected chi connectivity index (χ1v) is 8.13. The molecule has 1 N–H and O–H groups in total. The first kappa shape index (κ1) is 16.2. The lowest BCUT2D eigenvalue weighted by Gasteiger charge is -2.16. The molecule has 7 heteroatoms. The van der Waals surface area contributed by atoms with Gasteiger partial charge in [0.15, 0.2) is 5.16 Å². The smallest absolute Gasteiger partial charge is 0.242 e. The summed E-state index contributed by atoms with van der Waals surface area (Å²) in [7, 11) is 1.82. The lowest BCUT2D eigenvalue weighted by atomic mass is 10.1. The van der Waals surface area contributed by atoms with E-state index >= 15 is 0 Å². The Labute approximate surface area is 142 Å². The van der Waals surface area contributed by atoms with E-state index in [1.165, 1.54) is 36.0 Å². The topological polar surface area (TPSA) is 59.8 Å². The number of amides is 1. The van der Waals surface area contributed by atoms with Crippen molar-refractivity contribution in [1.82, 2.24) is 14.8 Å². The van der Waals surface area contributed by atoms with Crippen LogP contribution in [0.3, 0.4) is 0 Å². The van der Waals surface area contributed by atoms with Crippen LogP contribution in [0, 0.1) is 5.82 Å². The maximum Gasteiger partial charge on any atom is 0.242 e. The molecule has 1 atom stereocenters. The van der Waals surface area contributed by atoms with E-state index in [1.54, 1.807) is 10.9 Å². The minimum Gasteiger partial charge on any atom is -0.325 e. The van der Waals surface area contributed by atoms with Crippen LogP contribution in [0.1, 0.15) is 10.8 Å². The highest BCUT2D eigenvalue weighted by atomic mass is 32.2. The third-order valence-electron chi connectivity index (χ3n) is 3.35. The Morgan fingerprint density at radius 2 is 1.88 bits per heavy atom. The molecule has 5 nitrogen and oxygen atoms in total. The van der Waals surface area contributed by atoms with Crippen LogP contribution in [0.2, 0.25) is 0 Å². The second-order valence-electron chi connectivity index (χ2n) is 5.13. The summed E-state index contributed by atoms with van der Waals surface area (Å²) in [5.74, 6) is -0.554. The van der Waals surface area contributed by atoms with E-state index in [9.17, 15) is 9.18 Å². The van der Waals surface area contributed by atoms with E-state index in [0.29, 0.717) is 10.8 Å². The van der Waals surface area contributed by atoms with Crippen LogP contribution in [0.25, 0.3) is 0 Å². The zero-order chi connectivity index (χ0) is 16.9. The molecule has 0 aliphatic carbocycles. The maximum atomic E-state index is 13.0. The van der Waals surface area contributed by atoms with Crippen molar-refractivity contribution in [3.8, 4) is 0 Å². The lowest BCUT2D eigenvalue weighted by molar-refractivity contribution is -0.115. The van der Waals surface area contributed by atoms with Gasteiger partial charge in [-0.05, 0) is 29.8 Å². The molecular formula is C17H15FN4OS. The Morgan fingerprint density at radius 1 is 1.17 bits per heavy atom. The SMILES string of the molecule is Cn1cnnc1S[C@@H](C(=O)Nc1ccc(F)cc1)c1ccccc1. The molecule has 1 heterocycles. The Kier molecular flexibility index (Phi) is 4.90. The largest absolute Gasteiger partial charge is 0.325 e. The van der Waals surface area contributed by atoms with Gasteiger partial charge in [0.1, 0.15) is 17.4 Å². The molecule has 24 heavy (non-hydrogen) atoms. The normalized spacial score (nSPS) is 11.9. The fourth-order valence-electron chi connectivity index (χ4n) is 2.13. The van der Waals surface area contributed by atoms with E-state index in [-0.39, 0.29) is 11.7 Å². The van der Waals surface area contributed by atoms with Crippen molar-refractivity contribution in [2.75, 3.05) is 5.32 Å². The molecule has 0 aliphatic heterocycles. The van der Waals surface area contributed by atoms with Gasteiger partial charge in [-0.3, -0.25) is 4.79 Å². The van der Waals surface area contributed by atoms with Crippen molar-refractivity contribution in [2.45, 2.75) is 10.4 Å². The zero-order valence-electron chi connectivity index (χ0n) is 12.9. The molecule has 3 aromatic rings. The molecule has 0 aliphatic rings. The molecular weight excluding hydrogens is 327 g/mol. The Hall–Kier alpha value is -2.67. The molecule has 0 spiro atoms. The van der Waals surface area contributed by atoms with Gasteiger partial charge in [0.25, 0.3) is 0 Å². The molecule has 1 aromatic heterocycles. The van der Waals surface area contributed by atoms with Gasteiger partial charge in [0.05, 0.1) is 0 Å². The first-order chi connectivity index (χ1) is 11.6. The number of carbonyl (C=O) groups is 1. The third kappa shape index (κ3) is 3.80. The second kappa shape index (κ2) is 7.27. The van der Waals surface area contributed by atoms with E-state index in [4.69, 9.17) is 0 Å². The van der Waals surface area contributed by atoms with Crippen LogP contribution in [0.4, 0.5) is 10.1 Å². The lowest BCUT2D eigenvalue weighted by Crippen LogP contribution is -2.19. The molecule has 122 valence electrons. The zero-order valence-corrected chi connectivity index (χ0v) is 13.7. The molecule has 0 unspecified atom stereocenters. The molecule has 0 bridgehead atoms. The minimum absolute atomic E-state index is 0.208. The van der Waals surface area contributed by atoms with Gasteiger partial charge in [-0.25, -0.2) is 4.39 Å². The van der Waals surface area contributed by atoms with Gasteiger partial charge in [-0.2, -0.15) is 0 Å². The summed E-state index contributed by atoms with van der Waals surface area (Å²) in [5.41, 5.74) is 1.39. The van der Waals surface area contributed by atoms with Gasteiger partial charge in [0.2, 0.25) is 5.91 Å². The van der Waals surface area contributed by atoms with Crippen LogP contribution < -0.4 is 5.32 Å². The fraction of sp³-hybridized carbons (Fsp3) is 0.118. The van der Waals surface area contributed by atoms with Crippen LogP contribution >= 0.6 is 11.8 Å². The summed E-state index contributed by atoms with van der Waals surface area (Å²) in [5, 5.41) is 10.8. The number of aromatic nitrogens is 3. The van der Waals surface area contributed by atoms with Gasteiger partial charge >= 0.3 is 0 Å². The van der Waals surface area contributed by atoms with Crippen LogP contribution in [0.15, 0.2) is 66.1 Å². The molecule has 3 rings (SSSR count). The molecule has 0 radical (unpaired) electrons. The van der Waals surface area contributed by atoms with E-state index in [1.807, 2.05) is 37.4 Å². The predicted molar refractivity (Wildman–Crippen MR) is 91.1 cm³/mol. The van der Waals surface area contributed by atoms with Crippen molar-refractivity contribution >= 4 is 23.4 Å². The van der Waals surface area contributed by atoms with Crippen molar-refractivity contribution < 1.29 is 9.18 Å². The summed E-state index contributed by atoms with van der Waals surface area (Å²) in [6.07, 6.45) is 1.59. The maximum absolute atomic E-state index is 13.0. The minimum atomic E-state index is -0.501. The number of nitrogens with one attached hydrogen (secondary N) is 1. The second-order valence-corrected chi connectivity index (χ2v) is 6.20. The number of thioether (sulfide) groups is 1. The van der Waals surface area contributed by atoms with E-state index < -0.39 is 5.25 Å². The van der Waals surface area contributed by atoms with Crippen molar-refractivity contribution in [2.24, 2.45) is 7.05 Å². The molecule has 1 amide bonds. The molecule has 0 saturated heterocycles.